The van der Waals surface area contributed by atoms with Crippen molar-refractivity contribution in [2.24, 2.45) is 0 Å². The fourth-order valence-electron chi connectivity index (χ4n) is 2.93. The van der Waals surface area contributed by atoms with Crippen molar-refractivity contribution >= 4 is 17.3 Å². The molecule has 1 aromatic carbocycles. The summed E-state index contributed by atoms with van der Waals surface area (Å²) in [6.45, 7) is 9.62. The van der Waals surface area contributed by atoms with Gasteiger partial charge in [-0.1, -0.05) is 31.5 Å². The quantitative estimate of drug-likeness (QED) is 0.813. The van der Waals surface area contributed by atoms with E-state index in [1.165, 1.54) is 17.7 Å². The van der Waals surface area contributed by atoms with Gasteiger partial charge in [-0.05, 0) is 44.1 Å². The lowest BCUT2D eigenvalue weighted by molar-refractivity contribution is 0.213. The topological polar surface area (TPSA) is 18.5 Å². The van der Waals surface area contributed by atoms with Crippen LogP contribution in [0.5, 0.6) is 0 Å². The number of nitrogens with one attached hydrogen (secondary N) is 1. The van der Waals surface area contributed by atoms with Gasteiger partial charge in [0.2, 0.25) is 0 Å². The standard InChI is InChI=1S/C17H28ClN3/c1-4-8-19-12-14-6-7-17(16(18)11-14)21-10-9-20(3)15(5-2)13-21/h6-7,11,15,19H,4-5,8-10,12-13H2,1-3H3. The number of anilines is 1. The molecule has 1 aromatic rings. The van der Waals surface area contributed by atoms with E-state index < -0.39 is 0 Å². The molecule has 0 aliphatic carbocycles. The van der Waals surface area contributed by atoms with E-state index in [1.54, 1.807) is 0 Å². The molecule has 3 nitrogen and oxygen atoms in total. The molecule has 1 atom stereocenters. The van der Waals surface area contributed by atoms with Gasteiger partial charge in [-0.15, -0.1) is 0 Å². The van der Waals surface area contributed by atoms with Crippen LogP contribution in [-0.4, -0.2) is 44.2 Å². The molecular formula is C17H28ClN3. The minimum Gasteiger partial charge on any atom is -0.367 e. The number of hydrogen-bond donors (Lipinski definition) is 1. The molecule has 4 heteroatoms. The lowest BCUT2D eigenvalue weighted by Crippen LogP contribution is -2.51. The summed E-state index contributed by atoms with van der Waals surface area (Å²) < 4.78 is 0. The number of benzene rings is 1. The summed E-state index contributed by atoms with van der Waals surface area (Å²) in [6, 6.07) is 7.12. The molecule has 0 radical (unpaired) electrons. The van der Waals surface area contributed by atoms with Crippen molar-refractivity contribution in [3.63, 3.8) is 0 Å². The van der Waals surface area contributed by atoms with Crippen LogP contribution >= 0.6 is 11.6 Å². The van der Waals surface area contributed by atoms with E-state index in [-0.39, 0.29) is 0 Å². The average Bonchev–Trinajstić information content (AvgIpc) is 2.48. The predicted molar refractivity (Wildman–Crippen MR) is 92.4 cm³/mol. The van der Waals surface area contributed by atoms with Crippen molar-refractivity contribution in [2.75, 3.05) is 38.1 Å². The Morgan fingerprint density at radius 2 is 2.10 bits per heavy atom. The molecule has 0 spiro atoms. The van der Waals surface area contributed by atoms with Crippen molar-refractivity contribution in [3.05, 3.63) is 28.8 Å². The molecule has 1 fully saturated rings. The number of halogens is 1. The molecule has 1 N–H and O–H groups in total. The van der Waals surface area contributed by atoms with Crippen LogP contribution in [-0.2, 0) is 6.54 Å². The van der Waals surface area contributed by atoms with Crippen LogP contribution in [0, 0.1) is 0 Å². The third-order valence-corrected chi connectivity index (χ3v) is 4.66. The van der Waals surface area contributed by atoms with E-state index in [1.807, 2.05) is 0 Å². The van der Waals surface area contributed by atoms with Gasteiger partial charge >= 0.3 is 0 Å². The molecule has 1 aliphatic heterocycles. The molecule has 0 amide bonds. The zero-order valence-electron chi connectivity index (χ0n) is 13.5. The van der Waals surface area contributed by atoms with Crippen LogP contribution in [0.1, 0.15) is 32.3 Å². The first-order valence-corrected chi connectivity index (χ1v) is 8.47. The molecule has 21 heavy (non-hydrogen) atoms. The Morgan fingerprint density at radius 3 is 2.76 bits per heavy atom. The minimum atomic E-state index is 0.626. The van der Waals surface area contributed by atoms with Crippen LogP contribution in [0.2, 0.25) is 5.02 Å². The summed E-state index contributed by atoms with van der Waals surface area (Å²) >= 11 is 6.52. The van der Waals surface area contributed by atoms with Crippen molar-refractivity contribution in [3.8, 4) is 0 Å². The number of likely N-dealkylation sites (N-methyl/N-ethyl adjacent to an activating group) is 1. The monoisotopic (exact) mass is 309 g/mol. The summed E-state index contributed by atoms with van der Waals surface area (Å²) in [5, 5.41) is 4.30. The summed E-state index contributed by atoms with van der Waals surface area (Å²) in [5.74, 6) is 0. The smallest absolute Gasteiger partial charge is 0.0642 e. The summed E-state index contributed by atoms with van der Waals surface area (Å²) in [4.78, 5) is 4.88. The van der Waals surface area contributed by atoms with Gasteiger partial charge < -0.3 is 10.2 Å². The van der Waals surface area contributed by atoms with Crippen LogP contribution in [0.4, 0.5) is 5.69 Å². The summed E-state index contributed by atoms with van der Waals surface area (Å²) in [6.07, 6.45) is 2.34. The van der Waals surface area contributed by atoms with E-state index in [9.17, 15) is 0 Å². The SMILES string of the molecule is CCCNCc1ccc(N2CCN(C)C(CC)C2)c(Cl)c1. The molecule has 118 valence electrons. The number of piperazine rings is 1. The molecule has 1 unspecified atom stereocenters. The fourth-order valence-corrected chi connectivity index (χ4v) is 3.25. The maximum Gasteiger partial charge on any atom is 0.0642 e. The highest BCUT2D eigenvalue weighted by Gasteiger charge is 2.24. The van der Waals surface area contributed by atoms with E-state index in [2.05, 4.69) is 54.2 Å². The van der Waals surface area contributed by atoms with Gasteiger partial charge in [0.25, 0.3) is 0 Å². The Balaban J connectivity index is 2.03. The maximum atomic E-state index is 6.52. The van der Waals surface area contributed by atoms with Crippen molar-refractivity contribution in [1.29, 1.82) is 0 Å². The Kier molecular flexibility index (Phi) is 6.34. The number of nitrogens with zero attached hydrogens (tertiary/aromatic N) is 2. The molecule has 1 aliphatic rings. The first-order valence-electron chi connectivity index (χ1n) is 8.10. The largest absolute Gasteiger partial charge is 0.367 e. The van der Waals surface area contributed by atoms with Gasteiger partial charge in [0.05, 0.1) is 10.7 Å². The van der Waals surface area contributed by atoms with Gasteiger partial charge in [-0.3, -0.25) is 4.90 Å². The van der Waals surface area contributed by atoms with Gasteiger partial charge in [-0.25, -0.2) is 0 Å². The Morgan fingerprint density at radius 1 is 1.29 bits per heavy atom. The molecule has 0 aromatic heterocycles. The molecule has 0 bridgehead atoms. The second kappa shape index (κ2) is 8.02. The first kappa shape index (κ1) is 16.6. The van der Waals surface area contributed by atoms with Crippen molar-refractivity contribution < 1.29 is 0 Å². The Hall–Kier alpha value is -0.770. The second-order valence-corrected chi connectivity index (χ2v) is 6.36. The molecule has 1 saturated heterocycles. The Bertz CT molecular complexity index is 450. The third-order valence-electron chi connectivity index (χ3n) is 4.36. The lowest BCUT2D eigenvalue weighted by atomic mass is 10.1. The van der Waals surface area contributed by atoms with E-state index in [4.69, 9.17) is 11.6 Å². The van der Waals surface area contributed by atoms with Crippen LogP contribution in [0.15, 0.2) is 18.2 Å². The van der Waals surface area contributed by atoms with Crippen molar-refractivity contribution in [2.45, 2.75) is 39.3 Å². The molecular weight excluding hydrogens is 282 g/mol. The van der Waals surface area contributed by atoms with Gasteiger partial charge in [-0.2, -0.15) is 0 Å². The minimum absolute atomic E-state index is 0.626. The van der Waals surface area contributed by atoms with Gasteiger partial charge in [0.15, 0.2) is 0 Å². The number of rotatable bonds is 6. The zero-order chi connectivity index (χ0) is 15.2. The van der Waals surface area contributed by atoms with Crippen LogP contribution < -0.4 is 10.2 Å². The van der Waals surface area contributed by atoms with Crippen LogP contribution in [0.25, 0.3) is 0 Å². The normalized spacial score (nSPS) is 20.0. The van der Waals surface area contributed by atoms with Gasteiger partial charge in [0, 0.05) is 32.2 Å². The lowest BCUT2D eigenvalue weighted by Gasteiger charge is -2.40. The summed E-state index contributed by atoms with van der Waals surface area (Å²) in [7, 11) is 2.22. The highest BCUT2D eigenvalue weighted by molar-refractivity contribution is 6.33. The third kappa shape index (κ3) is 4.35. The Labute approximate surface area is 134 Å². The van der Waals surface area contributed by atoms with Crippen molar-refractivity contribution in [1.82, 2.24) is 10.2 Å². The van der Waals surface area contributed by atoms with Gasteiger partial charge in [0.1, 0.15) is 0 Å². The zero-order valence-corrected chi connectivity index (χ0v) is 14.3. The average molecular weight is 310 g/mol. The molecule has 1 heterocycles. The van der Waals surface area contributed by atoms with E-state index in [0.717, 1.165) is 44.2 Å². The molecule has 2 rings (SSSR count). The molecule has 0 saturated carbocycles. The fraction of sp³-hybridized carbons (Fsp3) is 0.647. The van der Waals surface area contributed by atoms with Crippen LogP contribution in [0.3, 0.4) is 0 Å². The predicted octanol–water partition coefficient (Wildman–Crippen LogP) is 3.37. The van der Waals surface area contributed by atoms with E-state index >= 15 is 0 Å². The summed E-state index contributed by atoms with van der Waals surface area (Å²) in [5.41, 5.74) is 2.45. The number of hydrogen-bond acceptors (Lipinski definition) is 3. The highest BCUT2D eigenvalue weighted by Crippen LogP contribution is 2.29. The van der Waals surface area contributed by atoms with E-state index in [0.29, 0.717) is 6.04 Å². The highest BCUT2D eigenvalue weighted by atomic mass is 35.5. The maximum absolute atomic E-state index is 6.52. The first-order chi connectivity index (χ1) is 10.2. The second-order valence-electron chi connectivity index (χ2n) is 5.95.